The Balaban J connectivity index is 3.23. The molecule has 0 rings (SSSR count). The quantitative estimate of drug-likeness (QED) is 0.439. The van der Waals surface area contributed by atoms with Gasteiger partial charge in [0.15, 0.2) is 0 Å². The van der Waals surface area contributed by atoms with Crippen LogP contribution < -0.4 is 0 Å². The molecule has 2 N–H and O–H groups in total. The van der Waals surface area contributed by atoms with Gasteiger partial charge in [-0.25, -0.2) is 9.59 Å². The normalized spacial score (nSPS) is 12.3. The van der Waals surface area contributed by atoms with E-state index < -0.39 is 11.9 Å². The van der Waals surface area contributed by atoms with Crippen molar-refractivity contribution in [1.82, 2.24) is 0 Å². The smallest absolute Gasteiger partial charge is 0.329 e. The van der Waals surface area contributed by atoms with E-state index in [-0.39, 0.29) is 45.7 Å². The highest BCUT2D eigenvalue weighted by atomic mass is 16.6. The molecule has 1 unspecified atom stereocenters. The summed E-state index contributed by atoms with van der Waals surface area (Å²) in [5.74, 6) is -2.03. The third-order valence-corrected chi connectivity index (χ3v) is 1.81. The monoisotopic (exact) mass is 280 g/mol. The molecule has 0 spiro atoms. The maximum atomic E-state index is 10.1. The van der Waals surface area contributed by atoms with Gasteiger partial charge in [-0.2, -0.15) is 0 Å². The van der Waals surface area contributed by atoms with Crippen LogP contribution in [0.2, 0.25) is 0 Å². The number of aliphatic carboxylic acids is 2. The zero-order valence-corrected chi connectivity index (χ0v) is 10.9. The van der Waals surface area contributed by atoms with E-state index >= 15 is 0 Å². The average Bonchev–Trinajstić information content (AvgIpc) is 2.32. The maximum absolute atomic E-state index is 10.1. The van der Waals surface area contributed by atoms with Crippen molar-refractivity contribution in [1.29, 1.82) is 0 Å². The van der Waals surface area contributed by atoms with Gasteiger partial charge in [-0.1, -0.05) is 0 Å². The fourth-order valence-electron chi connectivity index (χ4n) is 1.04. The number of carboxylic acid groups (broad SMARTS) is 2. The van der Waals surface area contributed by atoms with Crippen LogP contribution in [0.25, 0.3) is 0 Å². The lowest BCUT2D eigenvalue weighted by Crippen LogP contribution is -2.21. The minimum atomic E-state index is -1.02. The van der Waals surface area contributed by atoms with Crippen LogP contribution in [0.1, 0.15) is 6.92 Å². The first kappa shape index (κ1) is 17.8. The summed E-state index contributed by atoms with van der Waals surface area (Å²) in [6.45, 7) is 2.46. The molecule has 0 bridgehead atoms. The molecule has 0 fully saturated rings. The van der Waals surface area contributed by atoms with Crippen LogP contribution >= 0.6 is 0 Å². The van der Waals surface area contributed by atoms with E-state index in [9.17, 15) is 9.59 Å². The van der Waals surface area contributed by atoms with Crippen molar-refractivity contribution in [3.05, 3.63) is 0 Å². The fraction of sp³-hybridized carbons (Fsp3) is 0.818. The summed E-state index contributed by atoms with van der Waals surface area (Å²) in [5, 5.41) is 16.6. The Kier molecular flexibility index (Phi) is 11.1. The van der Waals surface area contributed by atoms with E-state index in [4.69, 9.17) is 29.2 Å². The first-order valence-electron chi connectivity index (χ1n) is 5.80. The van der Waals surface area contributed by atoms with E-state index in [0.29, 0.717) is 6.61 Å². The zero-order valence-electron chi connectivity index (χ0n) is 10.9. The van der Waals surface area contributed by atoms with Crippen molar-refractivity contribution in [3.63, 3.8) is 0 Å². The van der Waals surface area contributed by atoms with Gasteiger partial charge in [0.25, 0.3) is 0 Å². The van der Waals surface area contributed by atoms with Crippen LogP contribution in [0.4, 0.5) is 0 Å². The van der Waals surface area contributed by atoms with E-state index in [1.54, 1.807) is 6.92 Å². The summed E-state index contributed by atoms with van der Waals surface area (Å²) in [6.07, 6.45) is -0.159. The van der Waals surface area contributed by atoms with Crippen LogP contribution in [-0.2, 0) is 28.5 Å². The van der Waals surface area contributed by atoms with Gasteiger partial charge in [0, 0.05) is 0 Å². The average molecular weight is 280 g/mol. The van der Waals surface area contributed by atoms with E-state index in [1.165, 1.54) is 0 Å². The van der Waals surface area contributed by atoms with Crippen molar-refractivity contribution in [2.75, 3.05) is 46.2 Å². The first-order valence-corrected chi connectivity index (χ1v) is 5.80. The summed E-state index contributed by atoms with van der Waals surface area (Å²) in [5.41, 5.74) is 0. The lowest BCUT2D eigenvalue weighted by Gasteiger charge is -2.13. The third kappa shape index (κ3) is 14.7. The second-order valence-corrected chi connectivity index (χ2v) is 3.65. The highest BCUT2D eigenvalue weighted by molar-refractivity contribution is 5.68. The molecule has 0 saturated heterocycles. The zero-order chi connectivity index (χ0) is 14.5. The van der Waals surface area contributed by atoms with Crippen LogP contribution in [0, 0.1) is 0 Å². The molecular weight excluding hydrogens is 260 g/mol. The van der Waals surface area contributed by atoms with Gasteiger partial charge < -0.3 is 29.2 Å². The lowest BCUT2D eigenvalue weighted by atomic mass is 10.4. The molecule has 1 atom stereocenters. The van der Waals surface area contributed by atoms with E-state index in [2.05, 4.69) is 0 Å². The Morgan fingerprint density at radius 3 is 1.89 bits per heavy atom. The van der Waals surface area contributed by atoms with Crippen molar-refractivity contribution < 1.29 is 38.7 Å². The third-order valence-electron chi connectivity index (χ3n) is 1.81. The van der Waals surface area contributed by atoms with Gasteiger partial charge in [0.05, 0.1) is 39.1 Å². The summed E-state index contributed by atoms with van der Waals surface area (Å²) in [6, 6.07) is 0. The molecule has 0 amide bonds. The van der Waals surface area contributed by atoms with Gasteiger partial charge in [-0.05, 0) is 6.92 Å². The molecule has 8 nitrogen and oxygen atoms in total. The van der Waals surface area contributed by atoms with E-state index in [1.807, 2.05) is 0 Å². The van der Waals surface area contributed by atoms with Gasteiger partial charge in [-0.3, -0.25) is 0 Å². The number of carbonyl (C=O) groups is 2. The first-order chi connectivity index (χ1) is 9.02. The van der Waals surface area contributed by atoms with Gasteiger partial charge in [0.2, 0.25) is 0 Å². The molecule has 0 aliphatic rings. The largest absolute Gasteiger partial charge is 0.480 e. The van der Waals surface area contributed by atoms with E-state index in [0.717, 1.165) is 0 Å². The number of rotatable bonds is 13. The lowest BCUT2D eigenvalue weighted by molar-refractivity contribution is -0.144. The summed E-state index contributed by atoms with van der Waals surface area (Å²) < 4.78 is 20.0. The molecule has 0 radical (unpaired) electrons. The predicted octanol–water partition coefficient (Wildman–Crippen LogP) is -0.389. The SMILES string of the molecule is CC(COCCOCC(=O)O)OCCOCC(=O)O. The Hall–Kier alpha value is -1.22. The standard InChI is InChI=1S/C11H20O8/c1-9(19-5-4-18-8-11(14)15)6-16-2-3-17-7-10(12)13/h9H,2-8H2,1H3,(H,12,13)(H,14,15). The van der Waals surface area contributed by atoms with Gasteiger partial charge in [0.1, 0.15) is 13.2 Å². The van der Waals surface area contributed by atoms with Crippen molar-refractivity contribution in [3.8, 4) is 0 Å². The van der Waals surface area contributed by atoms with Gasteiger partial charge in [-0.15, -0.1) is 0 Å². The van der Waals surface area contributed by atoms with Crippen molar-refractivity contribution in [2.45, 2.75) is 13.0 Å². The summed E-state index contributed by atoms with van der Waals surface area (Å²) >= 11 is 0. The Bertz CT molecular complexity index is 255. The number of hydrogen-bond donors (Lipinski definition) is 2. The summed E-state index contributed by atoms with van der Waals surface area (Å²) in [4.78, 5) is 20.3. The van der Waals surface area contributed by atoms with Crippen LogP contribution in [0.15, 0.2) is 0 Å². The Morgan fingerprint density at radius 1 is 0.895 bits per heavy atom. The molecule has 8 heteroatoms. The van der Waals surface area contributed by atoms with Crippen LogP contribution in [-0.4, -0.2) is 74.5 Å². The Morgan fingerprint density at radius 2 is 1.37 bits per heavy atom. The highest BCUT2D eigenvalue weighted by Crippen LogP contribution is 1.92. The molecule has 0 aliphatic carbocycles. The molecule has 0 saturated carbocycles. The number of hydrogen-bond acceptors (Lipinski definition) is 6. The topological polar surface area (TPSA) is 112 Å². The minimum Gasteiger partial charge on any atom is -0.480 e. The second kappa shape index (κ2) is 11.8. The highest BCUT2D eigenvalue weighted by Gasteiger charge is 2.03. The molecule has 0 aromatic rings. The minimum absolute atomic E-state index is 0.159. The second-order valence-electron chi connectivity index (χ2n) is 3.65. The molecule has 0 aromatic heterocycles. The number of carboxylic acids is 2. The van der Waals surface area contributed by atoms with Crippen molar-refractivity contribution >= 4 is 11.9 Å². The molecule has 0 aliphatic heterocycles. The molecule has 112 valence electrons. The molecular formula is C11H20O8. The van der Waals surface area contributed by atoms with Crippen LogP contribution in [0.3, 0.4) is 0 Å². The van der Waals surface area contributed by atoms with Crippen molar-refractivity contribution in [2.24, 2.45) is 0 Å². The van der Waals surface area contributed by atoms with Gasteiger partial charge >= 0.3 is 11.9 Å². The predicted molar refractivity (Wildman–Crippen MR) is 63.1 cm³/mol. The number of ether oxygens (including phenoxy) is 4. The molecule has 0 aromatic carbocycles. The fourth-order valence-corrected chi connectivity index (χ4v) is 1.04. The van der Waals surface area contributed by atoms with Crippen LogP contribution in [0.5, 0.6) is 0 Å². The molecule has 19 heavy (non-hydrogen) atoms. The maximum Gasteiger partial charge on any atom is 0.329 e. The summed E-state index contributed by atoms with van der Waals surface area (Å²) in [7, 11) is 0. The molecule has 0 heterocycles. The Labute approximate surface area is 111 Å².